The SMILES string of the molecule is O=C(Cc1cccc(Cl)c1)N/N=C/c1c(Cl)cccc1OS(=O)(=O)c1ccc(C(F)(F)F)cc1. The molecule has 34 heavy (non-hydrogen) atoms. The monoisotopic (exact) mass is 530 g/mol. The van der Waals surface area contributed by atoms with Crippen LogP contribution < -0.4 is 9.61 Å². The molecule has 3 aromatic rings. The van der Waals surface area contributed by atoms with Crippen molar-refractivity contribution < 1.29 is 30.6 Å². The Morgan fingerprint density at radius 3 is 2.35 bits per heavy atom. The molecule has 178 valence electrons. The second-order valence-corrected chi connectivity index (χ2v) is 9.20. The zero-order valence-electron chi connectivity index (χ0n) is 17.0. The molecular weight excluding hydrogens is 516 g/mol. The first-order chi connectivity index (χ1) is 16.0. The maximum Gasteiger partial charge on any atom is 0.416 e. The fourth-order valence-electron chi connectivity index (χ4n) is 2.73. The Morgan fingerprint density at radius 2 is 1.71 bits per heavy atom. The molecule has 0 heterocycles. The zero-order valence-corrected chi connectivity index (χ0v) is 19.3. The van der Waals surface area contributed by atoms with Gasteiger partial charge >= 0.3 is 16.3 Å². The third kappa shape index (κ3) is 6.72. The van der Waals surface area contributed by atoms with Crippen molar-refractivity contribution in [1.29, 1.82) is 0 Å². The Morgan fingerprint density at radius 1 is 1.03 bits per heavy atom. The topological polar surface area (TPSA) is 84.8 Å². The average molecular weight is 531 g/mol. The summed E-state index contributed by atoms with van der Waals surface area (Å²) in [5.41, 5.74) is 1.97. The van der Waals surface area contributed by atoms with E-state index in [9.17, 15) is 26.4 Å². The van der Waals surface area contributed by atoms with E-state index in [-0.39, 0.29) is 22.8 Å². The second kappa shape index (κ2) is 10.5. The highest BCUT2D eigenvalue weighted by Crippen LogP contribution is 2.31. The first-order valence-corrected chi connectivity index (χ1v) is 11.6. The highest BCUT2D eigenvalue weighted by Gasteiger charge is 2.31. The summed E-state index contributed by atoms with van der Waals surface area (Å²) in [5, 5.41) is 4.32. The molecule has 0 spiro atoms. The van der Waals surface area contributed by atoms with Crippen LogP contribution in [0.2, 0.25) is 10.0 Å². The van der Waals surface area contributed by atoms with Crippen molar-refractivity contribution in [2.75, 3.05) is 0 Å². The van der Waals surface area contributed by atoms with Gasteiger partial charge in [0.15, 0.2) is 5.75 Å². The van der Waals surface area contributed by atoms with E-state index in [4.69, 9.17) is 27.4 Å². The lowest BCUT2D eigenvalue weighted by molar-refractivity contribution is -0.137. The van der Waals surface area contributed by atoms with Crippen molar-refractivity contribution in [3.05, 3.63) is 93.5 Å². The van der Waals surface area contributed by atoms with E-state index >= 15 is 0 Å². The standard InChI is InChI=1S/C22H15Cl2F3N2O4S/c23-16-4-1-3-14(11-16)12-21(30)29-28-13-18-19(24)5-2-6-20(18)33-34(31,32)17-9-7-15(8-10-17)22(25,26)27/h1-11,13H,12H2,(H,29,30)/b28-13+. The lowest BCUT2D eigenvalue weighted by atomic mass is 10.1. The highest BCUT2D eigenvalue weighted by atomic mass is 35.5. The quantitative estimate of drug-likeness (QED) is 0.249. The van der Waals surface area contributed by atoms with E-state index in [1.807, 2.05) is 0 Å². The molecule has 0 atom stereocenters. The minimum atomic E-state index is -4.61. The summed E-state index contributed by atoms with van der Waals surface area (Å²) in [6.07, 6.45) is -3.53. The Balaban J connectivity index is 1.75. The molecule has 0 unspecified atom stereocenters. The lowest BCUT2D eigenvalue weighted by Crippen LogP contribution is -2.20. The van der Waals surface area contributed by atoms with Gasteiger partial charge in [0, 0.05) is 5.02 Å². The van der Waals surface area contributed by atoms with Gasteiger partial charge in [0.2, 0.25) is 5.91 Å². The third-order valence-corrected chi connectivity index (χ3v) is 6.13. The smallest absolute Gasteiger partial charge is 0.378 e. The third-order valence-electron chi connectivity index (χ3n) is 4.32. The molecule has 0 aliphatic carbocycles. The number of benzene rings is 3. The fraction of sp³-hybridized carbons (Fsp3) is 0.0909. The average Bonchev–Trinajstić information content (AvgIpc) is 2.75. The van der Waals surface area contributed by atoms with Gasteiger partial charge in [0.05, 0.1) is 28.8 Å². The van der Waals surface area contributed by atoms with Gasteiger partial charge in [-0.1, -0.05) is 41.4 Å². The summed E-state index contributed by atoms with van der Waals surface area (Å²) < 4.78 is 68.4. The maximum absolute atomic E-state index is 12.7. The summed E-state index contributed by atoms with van der Waals surface area (Å²) >= 11 is 12.0. The van der Waals surface area contributed by atoms with Gasteiger partial charge in [-0.25, -0.2) is 5.43 Å². The molecule has 1 N–H and O–H groups in total. The predicted octanol–water partition coefficient (Wildman–Crippen LogP) is 5.47. The second-order valence-electron chi connectivity index (χ2n) is 6.81. The van der Waals surface area contributed by atoms with Crippen LogP contribution in [0.4, 0.5) is 13.2 Å². The van der Waals surface area contributed by atoms with Crippen molar-refractivity contribution in [3.8, 4) is 5.75 Å². The molecule has 0 aliphatic heterocycles. The van der Waals surface area contributed by atoms with Crippen molar-refractivity contribution >= 4 is 45.4 Å². The summed E-state index contributed by atoms with van der Waals surface area (Å²) in [4.78, 5) is 11.6. The summed E-state index contributed by atoms with van der Waals surface area (Å²) in [6.45, 7) is 0. The number of nitrogens with one attached hydrogen (secondary N) is 1. The highest BCUT2D eigenvalue weighted by molar-refractivity contribution is 7.87. The van der Waals surface area contributed by atoms with Crippen LogP contribution in [0, 0.1) is 0 Å². The van der Waals surface area contributed by atoms with E-state index in [2.05, 4.69) is 10.5 Å². The Hall–Kier alpha value is -3.08. The van der Waals surface area contributed by atoms with Crippen molar-refractivity contribution in [2.24, 2.45) is 5.10 Å². The molecular formula is C22H15Cl2F3N2O4S. The summed E-state index contributed by atoms with van der Waals surface area (Å²) in [5.74, 6) is -0.703. The molecule has 0 radical (unpaired) electrons. The molecule has 6 nitrogen and oxygen atoms in total. The molecule has 0 saturated carbocycles. The number of rotatable bonds is 7. The number of halogens is 5. The number of carbonyl (C=O) groups excluding carboxylic acids is 1. The van der Waals surface area contributed by atoms with Crippen LogP contribution in [0.1, 0.15) is 16.7 Å². The number of hydrazone groups is 1. The van der Waals surface area contributed by atoms with Crippen LogP contribution >= 0.6 is 23.2 Å². The molecule has 1 amide bonds. The minimum absolute atomic E-state index is 0.00786. The van der Waals surface area contributed by atoms with Gasteiger partial charge in [-0.05, 0) is 54.1 Å². The molecule has 12 heteroatoms. The van der Waals surface area contributed by atoms with E-state index in [0.29, 0.717) is 22.7 Å². The van der Waals surface area contributed by atoms with Crippen molar-refractivity contribution in [1.82, 2.24) is 5.43 Å². The van der Waals surface area contributed by atoms with Gasteiger partial charge < -0.3 is 4.18 Å². The Labute approximate surface area is 203 Å². The molecule has 0 fully saturated rings. The van der Waals surface area contributed by atoms with Crippen molar-refractivity contribution in [2.45, 2.75) is 17.5 Å². The number of alkyl halides is 3. The minimum Gasteiger partial charge on any atom is -0.378 e. The lowest BCUT2D eigenvalue weighted by Gasteiger charge is -2.11. The van der Waals surface area contributed by atoms with Crippen molar-refractivity contribution in [3.63, 3.8) is 0 Å². The largest absolute Gasteiger partial charge is 0.416 e. The number of nitrogens with zero attached hydrogens (tertiary/aromatic N) is 1. The molecule has 0 aliphatic rings. The molecule has 3 rings (SSSR count). The zero-order chi connectivity index (χ0) is 24.9. The van der Waals surface area contributed by atoms with Gasteiger partial charge in [0.25, 0.3) is 0 Å². The number of hydrogen-bond donors (Lipinski definition) is 1. The molecule has 0 aromatic heterocycles. The van der Waals surface area contributed by atoms with Gasteiger partial charge in [-0.2, -0.15) is 26.7 Å². The first-order valence-electron chi connectivity index (χ1n) is 9.42. The van der Waals surface area contributed by atoms with Gasteiger partial charge in [-0.3, -0.25) is 4.79 Å². The van der Waals surface area contributed by atoms with Crippen LogP contribution in [-0.2, 0) is 27.5 Å². The van der Waals surface area contributed by atoms with Crippen LogP contribution in [0.3, 0.4) is 0 Å². The summed E-state index contributed by atoms with van der Waals surface area (Å²) in [6, 6.07) is 13.7. The summed E-state index contributed by atoms with van der Waals surface area (Å²) in [7, 11) is -4.49. The first kappa shape index (κ1) is 25.5. The fourth-order valence-corrected chi connectivity index (χ4v) is 4.11. The van der Waals surface area contributed by atoms with E-state index in [1.165, 1.54) is 18.2 Å². The number of carbonyl (C=O) groups is 1. The van der Waals surface area contributed by atoms with Crippen LogP contribution in [0.25, 0.3) is 0 Å². The maximum atomic E-state index is 12.7. The number of hydrogen-bond acceptors (Lipinski definition) is 5. The van der Waals surface area contributed by atoms with Gasteiger partial charge in [-0.15, -0.1) is 0 Å². The normalized spacial score (nSPS) is 12.0. The number of amides is 1. The van der Waals surface area contributed by atoms with Crippen LogP contribution in [0.5, 0.6) is 5.75 Å². The van der Waals surface area contributed by atoms with Gasteiger partial charge in [0.1, 0.15) is 4.90 Å². The van der Waals surface area contributed by atoms with E-state index in [0.717, 1.165) is 18.3 Å². The van der Waals surface area contributed by atoms with E-state index in [1.54, 1.807) is 24.3 Å². The molecule has 3 aromatic carbocycles. The molecule has 0 saturated heterocycles. The predicted molar refractivity (Wildman–Crippen MR) is 122 cm³/mol. The Bertz CT molecular complexity index is 1330. The van der Waals surface area contributed by atoms with E-state index < -0.39 is 32.7 Å². The van der Waals surface area contributed by atoms with Crippen LogP contribution in [0.15, 0.2) is 76.7 Å². The van der Waals surface area contributed by atoms with Crippen LogP contribution in [-0.4, -0.2) is 20.5 Å². The molecule has 0 bridgehead atoms. The Kier molecular flexibility index (Phi) is 7.86.